The number of rotatable bonds is 3. The number of methoxy groups -OCH3 is 1. The summed E-state index contributed by atoms with van der Waals surface area (Å²) in [5, 5.41) is 0. The second-order valence-electron chi connectivity index (χ2n) is 3.36. The van der Waals surface area contributed by atoms with Gasteiger partial charge >= 0.3 is 5.97 Å². The zero-order valence-electron chi connectivity index (χ0n) is 8.74. The lowest BCUT2D eigenvalue weighted by atomic mass is 10.0. The molecule has 0 aliphatic rings. The number of benzene rings is 1. The number of halogens is 1. The smallest absolute Gasteiger partial charge is 0.326 e. The predicted octanol–water partition coefficient (Wildman–Crippen LogP) is 1.51. The minimum atomic E-state index is -1.53. The van der Waals surface area contributed by atoms with Crippen LogP contribution in [0.5, 0.6) is 0 Å². The topological polar surface area (TPSA) is 52.3 Å². The molecule has 0 bridgehead atoms. The van der Waals surface area contributed by atoms with E-state index in [2.05, 4.69) is 4.74 Å². The van der Waals surface area contributed by atoms with E-state index in [0.29, 0.717) is 5.56 Å². The number of esters is 1. The minimum Gasteiger partial charge on any atom is -0.468 e. The monoisotopic (exact) mass is 211 g/mol. The molecule has 1 aromatic carbocycles. The maximum Gasteiger partial charge on any atom is 0.326 e. The van der Waals surface area contributed by atoms with Gasteiger partial charge in [-0.15, -0.1) is 0 Å². The quantitative estimate of drug-likeness (QED) is 0.771. The summed E-state index contributed by atoms with van der Waals surface area (Å²) in [7, 11) is 1.19. The highest BCUT2D eigenvalue weighted by Crippen LogP contribution is 2.21. The Kier molecular flexibility index (Phi) is 3.80. The molecule has 0 saturated heterocycles. The maximum atomic E-state index is 13.7. The van der Waals surface area contributed by atoms with Gasteiger partial charge in [-0.05, 0) is 12.5 Å². The molecular formula is C11H14FNO2. The Morgan fingerprint density at radius 3 is 2.73 bits per heavy atom. The Labute approximate surface area is 88.0 Å². The number of ether oxygens (including phenoxy) is 1. The Balaban J connectivity index is 2.84. The Hall–Kier alpha value is -1.42. The number of hydrogen-bond donors (Lipinski definition) is 1. The van der Waals surface area contributed by atoms with Crippen LogP contribution in [0.4, 0.5) is 4.39 Å². The fourth-order valence-corrected chi connectivity index (χ4v) is 1.30. The van der Waals surface area contributed by atoms with Crippen molar-refractivity contribution in [3.8, 4) is 0 Å². The highest BCUT2D eigenvalue weighted by atomic mass is 19.1. The molecule has 3 nitrogen and oxygen atoms in total. The third-order valence-corrected chi connectivity index (χ3v) is 2.15. The summed E-state index contributed by atoms with van der Waals surface area (Å²) in [4.78, 5) is 11.0. The van der Waals surface area contributed by atoms with Crippen molar-refractivity contribution in [2.45, 2.75) is 19.1 Å². The summed E-state index contributed by atoms with van der Waals surface area (Å²) in [6.07, 6.45) is -1.53. The first-order valence-electron chi connectivity index (χ1n) is 4.60. The van der Waals surface area contributed by atoms with Gasteiger partial charge in [-0.3, -0.25) is 4.79 Å². The van der Waals surface area contributed by atoms with Crippen molar-refractivity contribution in [2.24, 2.45) is 5.73 Å². The maximum absolute atomic E-state index is 13.7. The third-order valence-electron chi connectivity index (χ3n) is 2.15. The Morgan fingerprint density at radius 1 is 1.53 bits per heavy atom. The summed E-state index contributed by atoms with van der Waals surface area (Å²) in [6, 6.07) is 5.56. The van der Waals surface area contributed by atoms with Gasteiger partial charge in [0, 0.05) is 0 Å². The molecule has 0 amide bonds. The molecule has 0 aromatic heterocycles. The Bertz CT molecular complexity index is 354. The van der Waals surface area contributed by atoms with E-state index in [1.165, 1.54) is 7.11 Å². The summed E-state index contributed by atoms with van der Waals surface area (Å²) < 4.78 is 18.1. The fraction of sp³-hybridized carbons (Fsp3) is 0.364. The van der Waals surface area contributed by atoms with E-state index in [4.69, 9.17) is 5.73 Å². The first-order chi connectivity index (χ1) is 7.06. The van der Waals surface area contributed by atoms with Gasteiger partial charge in [0.05, 0.1) is 7.11 Å². The predicted molar refractivity (Wildman–Crippen MR) is 55.0 cm³/mol. The minimum absolute atomic E-state index is 0.396. The number of nitrogens with two attached hydrogens (primary N) is 1. The largest absolute Gasteiger partial charge is 0.468 e. The molecule has 1 rings (SSSR count). The first kappa shape index (κ1) is 11.7. The molecule has 82 valence electrons. The van der Waals surface area contributed by atoms with E-state index in [-0.39, 0.29) is 0 Å². The molecule has 0 heterocycles. The highest BCUT2D eigenvalue weighted by molar-refractivity contribution is 5.76. The second-order valence-corrected chi connectivity index (χ2v) is 3.36. The van der Waals surface area contributed by atoms with Crippen molar-refractivity contribution in [2.75, 3.05) is 7.11 Å². The molecule has 2 atom stereocenters. The molecule has 1 aromatic rings. The molecule has 0 aliphatic carbocycles. The lowest BCUT2D eigenvalue weighted by Crippen LogP contribution is -2.35. The summed E-state index contributed by atoms with van der Waals surface area (Å²) in [5.41, 5.74) is 6.72. The van der Waals surface area contributed by atoms with Crippen LogP contribution in [0.1, 0.15) is 17.3 Å². The van der Waals surface area contributed by atoms with Crippen molar-refractivity contribution in [1.29, 1.82) is 0 Å². The van der Waals surface area contributed by atoms with E-state index in [1.807, 2.05) is 13.0 Å². The van der Waals surface area contributed by atoms with Crippen LogP contribution in [0.2, 0.25) is 0 Å². The number of hydrogen-bond acceptors (Lipinski definition) is 3. The van der Waals surface area contributed by atoms with E-state index < -0.39 is 18.2 Å². The van der Waals surface area contributed by atoms with Gasteiger partial charge < -0.3 is 10.5 Å². The summed E-state index contributed by atoms with van der Waals surface area (Å²) in [6.45, 7) is 1.85. The van der Waals surface area contributed by atoms with Crippen LogP contribution < -0.4 is 5.73 Å². The molecule has 0 spiro atoms. The standard InChI is InChI=1S/C11H14FNO2/c1-7-4-3-5-8(6-7)9(12)10(13)11(14)15-2/h3-6,9-10H,13H2,1-2H3. The molecule has 4 heteroatoms. The highest BCUT2D eigenvalue weighted by Gasteiger charge is 2.26. The molecule has 0 saturated carbocycles. The third kappa shape index (κ3) is 2.76. The van der Waals surface area contributed by atoms with Crippen molar-refractivity contribution < 1.29 is 13.9 Å². The van der Waals surface area contributed by atoms with Gasteiger partial charge in [0.25, 0.3) is 0 Å². The molecule has 0 fully saturated rings. The van der Waals surface area contributed by atoms with Crippen LogP contribution in [0.25, 0.3) is 0 Å². The number of aryl methyl sites for hydroxylation is 1. The van der Waals surface area contributed by atoms with Crippen LogP contribution >= 0.6 is 0 Å². The molecular weight excluding hydrogens is 197 g/mol. The van der Waals surface area contributed by atoms with Gasteiger partial charge in [-0.25, -0.2) is 4.39 Å². The normalized spacial score (nSPS) is 14.4. The zero-order valence-corrected chi connectivity index (χ0v) is 8.74. The first-order valence-corrected chi connectivity index (χ1v) is 4.60. The lowest BCUT2D eigenvalue weighted by molar-refractivity contribution is -0.143. The average Bonchev–Trinajstić information content (AvgIpc) is 2.26. The van der Waals surface area contributed by atoms with E-state index in [0.717, 1.165) is 5.56 Å². The van der Waals surface area contributed by atoms with Gasteiger partial charge in [-0.2, -0.15) is 0 Å². The van der Waals surface area contributed by atoms with Gasteiger partial charge in [0.1, 0.15) is 6.04 Å². The van der Waals surface area contributed by atoms with Crippen molar-refractivity contribution in [3.63, 3.8) is 0 Å². The second kappa shape index (κ2) is 4.89. The van der Waals surface area contributed by atoms with Gasteiger partial charge in [-0.1, -0.05) is 29.8 Å². The van der Waals surface area contributed by atoms with Gasteiger partial charge in [0.2, 0.25) is 0 Å². The van der Waals surface area contributed by atoms with E-state index in [1.54, 1.807) is 18.2 Å². The number of alkyl halides is 1. The van der Waals surface area contributed by atoms with Crippen LogP contribution in [0, 0.1) is 6.92 Å². The number of carbonyl (C=O) groups is 1. The molecule has 2 unspecified atom stereocenters. The van der Waals surface area contributed by atoms with Crippen LogP contribution in [-0.2, 0) is 9.53 Å². The molecule has 0 aliphatic heterocycles. The number of carbonyl (C=O) groups excluding carboxylic acids is 1. The fourth-order valence-electron chi connectivity index (χ4n) is 1.30. The van der Waals surface area contributed by atoms with E-state index in [9.17, 15) is 9.18 Å². The van der Waals surface area contributed by atoms with Crippen molar-refractivity contribution >= 4 is 5.97 Å². The van der Waals surface area contributed by atoms with E-state index >= 15 is 0 Å². The van der Waals surface area contributed by atoms with Crippen molar-refractivity contribution in [3.05, 3.63) is 35.4 Å². The van der Waals surface area contributed by atoms with Crippen LogP contribution in [-0.4, -0.2) is 19.1 Å². The summed E-state index contributed by atoms with van der Waals surface area (Å²) in [5.74, 6) is -0.746. The Morgan fingerprint density at radius 2 is 2.20 bits per heavy atom. The average molecular weight is 211 g/mol. The summed E-state index contributed by atoms with van der Waals surface area (Å²) >= 11 is 0. The van der Waals surface area contributed by atoms with Crippen LogP contribution in [0.3, 0.4) is 0 Å². The zero-order chi connectivity index (χ0) is 11.4. The van der Waals surface area contributed by atoms with Crippen molar-refractivity contribution in [1.82, 2.24) is 0 Å². The lowest BCUT2D eigenvalue weighted by Gasteiger charge is -2.14. The van der Waals surface area contributed by atoms with Gasteiger partial charge in [0.15, 0.2) is 6.17 Å². The molecule has 0 radical (unpaired) electrons. The SMILES string of the molecule is COC(=O)C(N)C(F)c1cccc(C)c1. The molecule has 15 heavy (non-hydrogen) atoms. The van der Waals surface area contributed by atoms with Crippen LogP contribution in [0.15, 0.2) is 24.3 Å². The molecule has 2 N–H and O–H groups in total.